The van der Waals surface area contributed by atoms with Crippen molar-refractivity contribution in [3.05, 3.63) is 0 Å². The standard InChI is InChI=1S/C11H23BO2/c1-5-9(3)7-11(8-13-12)14-10(4)6-2/h9-11H,5-8H2,1-4H3. The van der Waals surface area contributed by atoms with Gasteiger partial charge in [0.05, 0.1) is 18.8 Å². The molecule has 0 amide bonds. The average Bonchev–Trinajstić information content (AvgIpc) is 2.17. The molecule has 0 spiro atoms. The molecule has 0 aliphatic rings. The van der Waals surface area contributed by atoms with Gasteiger partial charge in [-0.3, -0.25) is 0 Å². The Morgan fingerprint density at radius 1 is 1.14 bits per heavy atom. The molecule has 0 N–H and O–H groups in total. The van der Waals surface area contributed by atoms with Crippen molar-refractivity contribution in [1.82, 2.24) is 0 Å². The zero-order valence-corrected chi connectivity index (χ0v) is 9.95. The molecular formula is C11H23BO2. The van der Waals surface area contributed by atoms with Crippen molar-refractivity contribution in [3.8, 4) is 0 Å². The maximum Gasteiger partial charge on any atom is 0.282 e. The van der Waals surface area contributed by atoms with E-state index in [0.29, 0.717) is 18.6 Å². The first-order valence-electron chi connectivity index (χ1n) is 5.61. The van der Waals surface area contributed by atoms with Crippen molar-refractivity contribution < 1.29 is 9.39 Å². The zero-order valence-electron chi connectivity index (χ0n) is 9.95. The summed E-state index contributed by atoms with van der Waals surface area (Å²) in [5.41, 5.74) is 0. The molecule has 0 aliphatic heterocycles. The molecule has 0 aromatic carbocycles. The summed E-state index contributed by atoms with van der Waals surface area (Å²) < 4.78 is 10.5. The molecule has 3 heteroatoms. The Labute approximate surface area is 89.8 Å². The van der Waals surface area contributed by atoms with E-state index >= 15 is 0 Å². The number of hydrogen-bond donors (Lipinski definition) is 0. The van der Waals surface area contributed by atoms with Crippen molar-refractivity contribution in [2.45, 2.75) is 59.2 Å². The van der Waals surface area contributed by atoms with Crippen molar-refractivity contribution >= 4 is 8.05 Å². The van der Waals surface area contributed by atoms with Crippen molar-refractivity contribution in [2.24, 2.45) is 5.92 Å². The molecule has 14 heavy (non-hydrogen) atoms. The average molecular weight is 198 g/mol. The fourth-order valence-electron chi connectivity index (χ4n) is 1.31. The van der Waals surface area contributed by atoms with Crippen LogP contribution in [0.4, 0.5) is 0 Å². The van der Waals surface area contributed by atoms with Gasteiger partial charge in [-0.2, -0.15) is 0 Å². The molecule has 2 nitrogen and oxygen atoms in total. The van der Waals surface area contributed by atoms with Gasteiger partial charge in [-0.15, -0.1) is 0 Å². The van der Waals surface area contributed by atoms with Gasteiger partial charge in [-0.05, 0) is 25.7 Å². The lowest BCUT2D eigenvalue weighted by Crippen LogP contribution is -2.26. The first-order valence-corrected chi connectivity index (χ1v) is 5.61. The van der Waals surface area contributed by atoms with E-state index in [4.69, 9.17) is 12.8 Å². The van der Waals surface area contributed by atoms with E-state index in [0.717, 1.165) is 12.8 Å². The fourth-order valence-corrected chi connectivity index (χ4v) is 1.31. The first-order chi connectivity index (χ1) is 6.63. The predicted molar refractivity (Wildman–Crippen MR) is 60.4 cm³/mol. The number of ether oxygens (including phenoxy) is 1. The molecule has 0 aromatic heterocycles. The van der Waals surface area contributed by atoms with Gasteiger partial charge in [0, 0.05) is 0 Å². The molecule has 0 saturated carbocycles. The Kier molecular flexibility index (Phi) is 8.30. The van der Waals surface area contributed by atoms with Crippen LogP contribution in [0.1, 0.15) is 47.0 Å². The van der Waals surface area contributed by atoms with Crippen LogP contribution in [0.2, 0.25) is 0 Å². The van der Waals surface area contributed by atoms with Gasteiger partial charge in [0.1, 0.15) is 0 Å². The summed E-state index contributed by atoms with van der Waals surface area (Å²) in [5, 5.41) is 0. The lowest BCUT2D eigenvalue weighted by molar-refractivity contribution is -0.0362. The Hall–Kier alpha value is -0.0151. The van der Waals surface area contributed by atoms with Crippen molar-refractivity contribution in [2.75, 3.05) is 6.61 Å². The molecule has 2 radical (unpaired) electrons. The normalized spacial score (nSPS) is 17.7. The molecule has 82 valence electrons. The number of rotatable bonds is 8. The first kappa shape index (κ1) is 14.0. The van der Waals surface area contributed by atoms with Crippen LogP contribution in [0.5, 0.6) is 0 Å². The molecule has 0 bridgehead atoms. The second-order valence-corrected chi connectivity index (χ2v) is 4.06. The topological polar surface area (TPSA) is 18.5 Å². The third kappa shape index (κ3) is 6.44. The molecule has 0 heterocycles. The third-order valence-electron chi connectivity index (χ3n) is 2.64. The fraction of sp³-hybridized carbons (Fsp3) is 1.00. The van der Waals surface area contributed by atoms with E-state index < -0.39 is 0 Å². The van der Waals surface area contributed by atoms with E-state index in [9.17, 15) is 0 Å². The van der Waals surface area contributed by atoms with Crippen LogP contribution in [0, 0.1) is 5.92 Å². The summed E-state index contributed by atoms with van der Waals surface area (Å²) in [7, 11) is 5.08. The van der Waals surface area contributed by atoms with E-state index in [2.05, 4.69) is 32.3 Å². The SMILES string of the molecule is [B]OCC(CC(C)CC)OC(C)CC. The van der Waals surface area contributed by atoms with E-state index in [1.54, 1.807) is 0 Å². The highest BCUT2D eigenvalue weighted by Gasteiger charge is 2.14. The molecular weight excluding hydrogens is 175 g/mol. The van der Waals surface area contributed by atoms with Gasteiger partial charge in [0.2, 0.25) is 0 Å². The highest BCUT2D eigenvalue weighted by atomic mass is 16.5. The van der Waals surface area contributed by atoms with Crippen LogP contribution in [0.3, 0.4) is 0 Å². The minimum atomic E-state index is 0.143. The van der Waals surface area contributed by atoms with Gasteiger partial charge in [-0.1, -0.05) is 27.2 Å². The molecule has 0 rings (SSSR count). The lowest BCUT2D eigenvalue weighted by Gasteiger charge is -2.23. The molecule has 3 unspecified atom stereocenters. The van der Waals surface area contributed by atoms with Crippen LogP contribution in [0.25, 0.3) is 0 Å². The Balaban J connectivity index is 3.88. The summed E-state index contributed by atoms with van der Waals surface area (Å²) in [6, 6.07) is 0. The monoisotopic (exact) mass is 198 g/mol. The molecule has 0 aromatic rings. The smallest absolute Gasteiger partial charge is 0.282 e. The van der Waals surface area contributed by atoms with Gasteiger partial charge in [-0.25, -0.2) is 0 Å². The summed E-state index contributed by atoms with van der Waals surface area (Å²) in [6.07, 6.45) is 3.66. The summed E-state index contributed by atoms with van der Waals surface area (Å²) in [4.78, 5) is 0. The Morgan fingerprint density at radius 2 is 1.79 bits per heavy atom. The Bertz CT molecular complexity index is 118. The molecule has 0 aliphatic carbocycles. The third-order valence-corrected chi connectivity index (χ3v) is 2.64. The van der Waals surface area contributed by atoms with Crippen LogP contribution in [-0.2, 0) is 9.39 Å². The van der Waals surface area contributed by atoms with Crippen molar-refractivity contribution in [3.63, 3.8) is 0 Å². The van der Waals surface area contributed by atoms with Crippen LogP contribution >= 0.6 is 0 Å². The highest BCUT2D eigenvalue weighted by molar-refractivity contribution is 5.97. The van der Waals surface area contributed by atoms with Crippen LogP contribution in [-0.4, -0.2) is 26.9 Å². The maximum absolute atomic E-state index is 5.81. The van der Waals surface area contributed by atoms with Crippen LogP contribution < -0.4 is 0 Å². The lowest BCUT2D eigenvalue weighted by atomic mass is 10.0. The predicted octanol–water partition coefficient (Wildman–Crippen LogP) is 2.71. The summed E-state index contributed by atoms with van der Waals surface area (Å²) in [6.45, 7) is 9.11. The molecule has 3 atom stereocenters. The maximum atomic E-state index is 5.81. The Morgan fingerprint density at radius 3 is 2.21 bits per heavy atom. The van der Waals surface area contributed by atoms with Gasteiger partial charge in [0.15, 0.2) is 0 Å². The van der Waals surface area contributed by atoms with Crippen molar-refractivity contribution in [1.29, 1.82) is 0 Å². The largest absolute Gasteiger partial charge is 0.445 e. The molecule has 0 fully saturated rings. The second kappa shape index (κ2) is 8.31. The van der Waals surface area contributed by atoms with Gasteiger partial charge in [0.25, 0.3) is 8.05 Å². The second-order valence-electron chi connectivity index (χ2n) is 4.06. The highest BCUT2D eigenvalue weighted by Crippen LogP contribution is 2.15. The quantitative estimate of drug-likeness (QED) is 0.558. The summed E-state index contributed by atoms with van der Waals surface area (Å²) >= 11 is 0. The van der Waals surface area contributed by atoms with Crippen LogP contribution in [0.15, 0.2) is 0 Å². The zero-order chi connectivity index (χ0) is 11.0. The summed E-state index contributed by atoms with van der Waals surface area (Å²) in [5.74, 6) is 0.666. The molecule has 0 saturated heterocycles. The van der Waals surface area contributed by atoms with E-state index in [1.807, 2.05) is 0 Å². The minimum absolute atomic E-state index is 0.143. The van der Waals surface area contributed by atoms with E-state index in [-0.39, 0.29) is 6.10 Å². The van der Waals surface area contributed by atoms with Gasteiger partial charge >= 0.3 is 0 Å². The number of hydrogen-bond acceptors (Lipinski definition) is 2. The van der Waals surface area contributed by atoms with E-state index in [1.165, 1.54) is 6.42 Å². The van der Waals surface area contributed by atoms with Gasteiger partial charge < -0.3 is 9.39 Å². The minimum Gasteiger partial charge on any atom is -0.445 e.